The number of nitrogens with one attached hydrogen (secondary N) is 1. The Balaban J connectivity index is 1.65. The summed E-state index contributed by atoms with van der Waals surface area (Å²) >= 11 is 1.28. The van der Waals surface area contributed by atoms with Crippen LogP contribution in [0.4, 0.5) is 5.13 Å². The quantitative estimate of drug-likeness (QED) is 0.394. The molecule has 4 aromatic rings. The van der Waals surface area contributed by atoms with Crippen molar-refractivity contribution < 1.29 is 9.59 Å². The third-order valence-corrected chi connectivity index (χ3v) is 6.58. The van der Waals surface area contributed by atoms with Crippen LogP contribution in [0.1, 0.15) is 41.3 Å². The summed E-state index contributed by atoms with van der Waals surface area (Å²) in [5.74, 6) is -0.425. The molecule has 7 nitrogen and oxygen atoms in total. The minimum Gasteiger partial charge on any atom is -0.345 e. The molecular weight excluding hydrogens is 458 g/mol. The molecule has 178 valence electrons. The molecular formula is C27H27N5O2S. The molecule has 4 rings (SSSR count). The molecule has 0 spiro atoms. The van der Waals surface area contributed by atoms with Gasteiger partial charge in [-0.25, -0.2) is 0 Å². The number of aromatic nitrogens is 3. The van der Waals surface area contributed by atoms with Crippen molar-refractivity contribution >= 4 is 28.3 Å². The first-order valence-electron chi connectivity index (χ1n) is 11.2. The molecule has 35 heavy (non-hydrogen) atoms. The van der Waals surface area contributed by atoms with Crippen LogP contribution in [0.2, 0.25) is 0 Å². The summed E-state index contributed by atoms with van der Waals surface area (Å²) in [6.07, 6.45) is 1.83. The number of amides is 2. The second-order valence-corrected chi connectivity index (χ2v) is 9.85. The Kier molecular flexibility index (Phi) is 7.02. The van der Waals surface area contributed by atoms with Crippen molar-refractivity contribution in [1.82, 2.24) is 20.1 Å². The van der Waals surface area contributed by atoms with Gasteiger partial charge in [0.15, 0.2) is 0 Å². The number of hydrogen-bond acceptors (Lipinski definition) is 6. The Bertz CT molecular complexity index is 1290. The smallest absolute Gasteiger partial charge is 0.253 e. The highest BCUT2D eigenvalue weighted by Gasteiger charge is 2.39. The van der Waals surface area contributed by atoms with E-state index in [0.29, 0.717) is 10.7 Å². The van der Waals surface area contributed by atoms with E-state index in [1.807, 2.05) is 74.6 Å². The zero-order valence-electron chi connectivity index (χ0n) is 20.1. The van der Waals surface area contributed by atoms with Gasteiger partial charge in [-0.15, -0.1) is 10.2 Å². The fourth-order valence-electron chi connectivity index (χ4n) is 4.08. The van der Waals surface area contributed by atoms with Crippen molar-refractivity contribution in [3.05, 3.63) is 95.1 Å². The van der Waals surface area contributed by atoms with E-state index in [4.69, 9.17) is 4.98 Å². The summed E-state index contributed by atoms with van der Waals surface area (Å²) in [5, 5.41) is 11.1. The fraction of sp³-hybridized carbons (Fsp3) is 0.222. The Morgan fingerprint density at radius 2 is 1.66 bits per heavy atom. The average Bonchev–Trinajstić information content (AvgIpc) is 3.38. The molecule has 8 heteroatoms. The van der Waals surface area contributed by atoms with E-state index >= 15 is 0 Å². The van der Waals surface area contributed by atoms with Crippen molar-refractivity contribution in [3.8, 4) is 11.3 Å². The molecule has 2 amide bonds. The van der Waals surface area contributed by atoms with E-state index < -0.39 is 5.41 Å². The number of rotatable bonds is 7. The summed E-state index contributed by atoms with van der Waals surface area (Å²) in [6, 6.07) is 21.3. The monoisotopic (exact) mass is 485 g/mol. The van der Waals surface area contributed by atoms with Gasteiger partial charge in [-0.2, -0.15) is 0 Å². The van der Waals surface area contributed by atoms with E-state index in [-0.39, 0.29) is 17.7 Å². The summed E-state index contributed by atoms with van der Waals surface area (Å²) in [6.45, 7) is 3.85. The van der Waals surface area contributed by atoms with Gasteiger partial charge in [0.05, 0.1) is 11.1 Å². The van der Waals surface area contributed by atoms with Crippen molar-refractivity contribution in [3.63, 3.8) is 0 Å². The van der Waals surface area contributed by atoms with Gasteiger partial charge in [0.2, 0.25) is 11.0 Å². The lowest BCUT2D eigenvalue weighted by Gasteiger charge is -2.33. The van der Waals surface area contributed by atoms with E-state index in [0.717, 1.165) is 22.4 Å². The van der Waals surface area contributed by atoms with Gasteiger partial charge in [-0.05, 0) is 29.3 Å². The first-order chi connectivity index (χ1) is 16.8. The van der Waals surface area contributed by atoms with Gasteiger partial charge in [0, 0.05) is 37.3 Å². The molecule has 0 radical (unpaired) electrons. The van der Waals surface area contributed by atoms with Crippen LogP contribution >= 0.6 is 11.3 Å². The lowest BCUT2D eigenvalue weighted by atomic mass is 9.71. The topological polar surface area (TPSA) is 88.1 Å². The Hall–Kier alpha value is -3.91. The molecule has 0 bridgehead atoms. The van der Waals surface area contributed by atoms with Gasteiger partial charge in [-0.3, -0.25) is 14.6 Å². The van der Waals surface area contributed by atoms with Gasteiger partial charge in [-0.1, -0.05) is 73.7 Å². The van der Waals surface area contributed by atoms with Crippen LogP contribution in [0.15, 0.2) is 78.4 Å². The van der Waals surface area contributed by atoms with Crippen LogP contribution in [0.25, 0.3) is 11.3 Å². The third kappa shape index (κ3) is 5.27. The lowest BCUT2D eigenvalue weighted by molar-refractivity contribution is -0.124. The van der Waals surface area contributed by atoms with Gasteiger partial charge in [0.25, 0.3) is 5.91 Å². The zero-order valence-corrected chi connectivity index (χ0v) is 20.9. The molecule has 2 aromatic carbocycles. The SMILES string of the molecule is CN(C)C(=O)c1ccc(-c2ccc(C(c3ccccc3)C(C)(C)C(=O)Nc3nncs3)cn2)cc1. The highest BCUT2D eigenvalue weighted by Crippen LogP contribution is 2.42. The summed E-state index contributed by atoms with van der Waals surface area (Å²) in [7, 11) is 3.46. The van der Waals surface area contributed by atoms with E-state index in [1.165, 1.54) is 11.3 Å². The van der Waals surface area contributed by atoms with E-state index in [1.54, 1.807) is 36.6 Å². The summed E-state index contributed by atoms with van der Waals surface area (Å²) in [4.78, 5) is 31.7. The standard InChI is InChI=1S/C27H27N5O2S/c1-27(2,25(34)30-26-31-29-17-35-26)23(19-8-6-5-7-9-19)21-14-15-22(28-16-21)18-10-12-20(13-11-18)24(33)32(3)4/h5-17,23H,1-4H3,(H,30,31,34). The normalized spacial score (nSPS) is 12.1. The minimum atomic E-state index is -0.801. The molecule has 0 aliphatic carbocycles. The fourth-order valence-corrected chi connectivity index (χ4v) is 4.52. The van der Waals surface area contributed by atoms with Crippen molar-refractivity contribution in [2.75, 3.05) is 19.4 Å². The maximum absolute atomic E-state index is 13.3. The highest BCUT2D eigenvalue weighted by molar-refractivity contribution is 7.13. The van der Waals surface area contributed by atoms with E-state index in [9.17, 15) is 9.59 Å². The van der Waals surface area contributed by atoms with Crippen molar-refractivity contribution in [1.29, 1.82) is 0 Å². The number of hydrogen-bond donors (Lipinski definition) is 1. The first kappa shape index (κ1) is 24.2. The van der Waals surface area contributed by atoms with Gasteiger partial charge in [0.1, 0.15) is 5.51 Å². The number of carbonyl (C=O) groups is 2. The molecule has 1 N–H and O–H groups in total. The van der Waals surface area contributed by atoms with Crippen LogP contribution in [-0.4, -0.2) is 46.0 Å². The second-order valence-electron chi connectivity index (χ2n) is 9.02. The van der Waals surface area contributed by atoms with Crippen LogP contribution in [0.3, 0.4) is 0 Å². The van der Waals surface area contributed by atoms with Crippen LogP contribution < -0.4 is 5.32 Å². The largest absolute Gasteiger partial charge is 0.345 e. The predicted octanol–water partition coefficient (Wildman–Crippen LogP) is 5.10. The highest BCUT2D eigenvalue weighted by atomic mass is 32.1. The molecule has 0 saturated heterocycles. The number of carbonyl (C=O) groups excluding carboxylic acids is 2. The maximum atomic E-state index is 13.3. The average molecular weight is 486 g/mol. The Morgan fingerprint density at radius 1 is 0.943 bits per heavy atom. The summed E-state index contributed by atoms with van der Waals surface area (Å²) in [5.41, 5.74) is 5.07. The van der Waals surface area contributed by atoms with Crippen LogP contribution in [-0.2, 0) is 4.79 Å². The van der Waals surface area contributed by atoms with Crippen LogP contribution in [0, 0.1) is 5.41 Å². The molecule has 1 atom stereocenters. The maximum Gasteiger partial charge on any atom is 0.253 e. The molecule has 1 unspecified atom stereocenters. The summed E-state index contributed by atoms with van der Waals surface area (Å²) < 4.78 is 0. The molecule has 2 aromatic heterocycles. The second kappa shape index (κ2) is 10.1. The van der Waals surface area contributed by atoms with Crippen molar-refractivity contribution in [2.24, 2.45) is 5.41 Å². The lowest BCUT2D eigenvalue weighted by Crippen LogP contribution is -2.37. The zero-order chi connectivity index (χ0) is 25.0. The number of anilines is 1. The number of nitrogens with zero attached hydrogens (tertiary/aromatic N) is 4. The molecule has 0 aliphatic heterocycles. The third-order valence-electron chi connectivity index (χ3n) is 5.97. The first-order valence-corrected chi connectivity index (χ1v) is 12.1. The predicted molar refractivity (Wildman–Crippen MR) is 138 cm³/mol. The van der Waals surface area contributed by atoms with Gasteiger partial charge < -0.3 is 10.2 Å². The van der Waals surface area contributed by atoms with E-state index in [2.05, 4.69) is 15.5 Å². The minimum absolute atomic E-state index is 0.0420. The molecule has 2 heterocycles. The molecule has 0 saturated carbocycles. The van der Waals surface area contributed by atoms with Crippen LogP contribution in [0.5, 0.6) is 0 Å². The molecule has 0 aliphatic rings. The number of pyridine rings is 1. The number of benzene rings is 2. The molecule has 0 fully saturated rings. The Morgan fingerprint density at radius 3 is 2.23 bits per heavy atom. The van der Waals surface area contributed by atoms with Gasteiger partial charge >= 0.3 is 0 Å². The Labute approximate surface area is 208 Å². The van der Waals surface area contributed by atoms with Crippen molar-refractivity contribution in [2.45, 2.75) is 19.8 Å².